The first-order valence-corrected chi connectivity index (χ1v) is 12.5. The molecule has 0 unspecified atom stereocenters. The van der Waals surface area contributed by atoms with Crippen molar-refractivity contribution < 1.29 is 13.2 Å². The lowest BCUT2D eigenvalue weighted by atomic mass is 10.2. The van der Waals surface area contributed by atoms with Crippen molar-refractivity contribution in [2.75, 3.05) is 35.6 Å². The molecule has 0 aliphatic carbocycles. The van der Waals surface area contributed by atoms with Gasteiger partial charge in [0.25, 0.3) is 0 Å². The number of anilines is 2. The van der Waals surface area contributed by atoms with Crippen molar-refractivity contribution >= 4 is 27.2 Å². The van der Waals surface area contributed by atoms with Gasteiger partial charge < -0.3 is 15.5 Å². The third kappa shape index (κ3) is 7.06. The summed E-state index contributed by atoms with van der Waals surface area (Å²) < 4.78 is 24.5. The van der Waals surface area contributed by atoms with Crippen molar-refractivity contribution in [3.05, 3.63) is 60.2 Å². The van der Waals surface area contributed by atoms with E-state index in [1.807, 2.05) is 54.6 Å². The van der Waals surface area contributed by atoms with Crippen LogP contribution in [0.3, 0.4) is 0 Å². The minimum Gasteiger partial charge on any atom is -0.370 e. The van der Waals surface area contributed by atoms with Crippen molar-refractivity contribution in [2.24, 2.45) is 0 Å². The number of urea groups is 1. The molecule has 1 heterocycles. The van der Waals surface area contributed by atoms with Crippen LogP contribution in [-0.4, -0.2) is 39.8 Å². The maximum absolute atomic E-state index is 12.3. The molecule has 0 aromatic heterocycles. The van der Waals surface area contributed by atoms with Crippen molar-refractivity contribution in [1.82, 2.24) is 5.32 Å². The van der Waals surface area contributed by atoms with E-state index in [2.05, 4.69) is 15.5 Å². The lowest BCUT2D eigenvalue weighted by Crippen LogP contribution is -2.32. The highest BCUT2D eigenvalue weighted by atomic mass is 32.2. The van der Waals surface area contributed by atoms with Crippen LogP contribution >= 0.6 is 0 Å². The maximum atomic E-state index is 12.3. The summed E-state index contributed by atoms with van der Waals surface area (Å²) in [5, 5.41) is 5.70. The lowest BCUT2D eigenvalue weighted by Gasteiger charge is -2.25. The van der Waals surface area contributed by atoms with E-state index < -0.39 is 9.84 Å². The molecule has 1 aliphatic rings. The van der Waals surface area contributed by atoms with Crippen LogP contribution in [0.5, 0.6) is 0 Å². The molecule has 162 valence electrons. The average Bonchev–Trinajstić information content (AvgIpc) is 3.02. The van der Waals surface area contributed by atoms with Gasteiger partial charge in [0, 0.05) is 19.6 Å². The van der Waals surface area contributed by atoms with Gasteiger partial charge in [-0.1, -0.05) is 55.3 Å². The first kappa shape index (κ1) is 22.2. The van der Waals surface area contributed by atoms with Gasteiger partial charge >= 0.3 is 6.03 Å². The van der Waals surface area contributed by atoms with Crippen LogP contribution in [-0.2, 0) is 15.6 Å². The molecular formula is C23H31N3O3S. The second-order valence-corrected chi connectivity index (χ2v) is 9.91. The molecule has 0 bridgehead atoms. The molecule has 0 spiro atoms. The Kier molecular flexibility index (Phi) is 8.13. The lowest BCUT2D eigenvalue weighted by molar-refractivity contribution is 0.252. The molecule has 2 amide bonds. The summed E-state index contributed by atoms with van der Waals surface area (Å²) in [5.74, 6) is 0.0792. The Bertz CT molecular complexity index is 908. The van der Waals surface area contributed by atoms with E-state index in [0.29, 0.717) is 13.0 Å². The van der Waals surface area contributed by atoms with Gasteiger partial charge in [0.1, 0.15) is 0 Å². The Morgan fingerprint density at radius 2 is 1.57 bits per heavy atom. The zero-order chi connectivity index (χ0) is 21.2. The summed E-state index contributed by atoms with van der Waals surface area (Å²) in [6.45, 7) is 2.31. The van der Waals surface area contributed by atoms with Crippen molar-refractivity contribution in [3.8, 4) is 0 Å². The molecule has 0 saturated carbocycles. The van der Waals surface area contributed by atoms with Gasteiger partial charge in [0.2, 0.25) is 0 Å². The summed E-state index contributed by atoms with van der Waals surface area (Å²) in [4.78, 5) is 14.7. The van der Waals surface area contributed by atoms with E-state index in [4.69, 9.17) is 0 Å². The van der Waals surface area contributed by atoms with Gasteiger partial charge in [-0.15, -0.1) is 0 Å². The summed E-state index contributed by atoms with van der Waals surface area (Å²) >= 11 is 0. The zero-order valence-corrected chi connectivity index (χ0v) is 18.2. The summed E-state index contributed by atoms with van der Waals surface area (Å²) in [6, 6.07) is 16.7. The van der Waals surface area contributed by atoms with Crippen LogP contribution in [0.1, 0.15) is 37.7 Å². The molecule has 2 aromatic carbocycles. The number of carbonyl (C=O) groups excluding carboxylic acids is 1. The largest absolute Gasteiger partial charge is 0.370 e. The quantitative estimate of drug-likeness (QED) is 0.617. The number of amides is 2. The van der Waals surface area contributed by atoms with E-state index in [0.717, 1.165) is 42.9 Å². The van der Waals surface area contributed by atoms with Crippen LogP contribution < -0.4 is 15.5 Å². The third-order valence-corrected chi connectivity index (χ3v) is 6.93. The predicted octanol–water partition coefficient (Wildman–Crippen LogP) is 4.19. The molecule has 1 aliphatic heterocycles. The van der Waals surface area contributed by atoms with E-state index >= 15 is 0 Å². The number of carbonyl (C=O) groups is 1. The van der Waals surface area contributed by atoms with E-state index in [9.17, 15) is 13.2 Å². The van der Waals surface area contributed by atoms with E-state index in [-0.39, 0.29) is 17.5 Å². The average molecular weight is 430 g/mol. The molecule has 1 fully saturated rings. The topological polar surface area (TPSA) is 78.5 Å². The third-order valence-electron chi connectivity index (χ3n) is 5.25. The fourth-order valence-corrected chi connectivity index (χ4v) is 5.16. The Labute approximate surface area is 179 Å². The summed E-state index contributed by atoms with van der Waals surface area (Å²) in [6.07, 6.45) is 5.21. The number of para-hydroxylation sites is 2. The smallest absolute Gasteiger partial charge is 0.319 e. The number of nitrogens with one attached hydrogen (secondary N) is 2. The number of rotatable bonds is 8. The number of sulfone groups is 1. The molecule has 2 aromatic rings. The van der Waals surface area contributed by atoms with Crippen molar-refractivity contribution in [1.29, 1.82) is 0 Å². The predicted molar refractivity (Wildman–Crippen MR) is 123 cm³/mol. The SMILES string of the molecule is O=C(NCCCS(=O)(=O)Cc1ccccc1)Nc1ccccc1N1CCCCCC1. The number of nitrogens with zero attached hydrogens (tertiary/aromatic N) is 1. The Balaban J connectivity index is 1.46. The fourth-order valence-electron chi connectivity index (χ4n) is 3.73. The second kappa shape index (κ2) is 11.0. The van der Waals surface area contributed by atoms with Crippen molar-refractivity contribution in [3.63, 3.8) is 0 Å². The minimum absolute atomic E-state index is 0.0310. The van der Waals surface area contributed by atoms with Gasteiger partial charge in [-0.25, -0.2) is 13.2 Å². The normalized spacial score (nSPS) is 14.7. The Morgan fingerprint density at radius 1 is 0.900 bits per heavy atom. The first-order valence-electron chi connectivity index (χ1n) is 10.7. The van der Waals surface area contributed by atoms with Gasteiger partial charge in [-0.3, -0.25) is 0 Å². The summed E-state index contributed by atoms with van der Waals surface area (Å²) in [7, 11) is -3.19. The molecule has 1 saturated heterocycles. The molecule has 0 radical (unpaired) electrons. The standard InChI is InChI=1S/C23H31N3O3S/c27-23(24-15-10-18-30(28,29)19-20-11-4-3-5-12-20)25-21-13-6-7-14-22(21)26-16-8-1-2-9-17-26/h3-7,11-14H,1-2,8-10,15-19H2,(H2,24,25,27). The highest BCUT2D eigenvalue weighted by molar-refractivity contribution is 7.90. The van der Waals surface area contributed by atoms with Crippen LogP contribution in [0.25, 0.3) is 0 Å². The zero-order valence-electron chi connectivity index (χ0n) is 17.3. The van der Waals surface area contributed by atoms with Crippen molar-refractivity contribution in [2.45, 2.75) is 37.9 Å². The molecular weight excluding hydrogens is 398 g/mol. The number of hydrogen-bond donors (Lipinski definition) is 2. The molecule has 3 rings (SSSR count). The monoisotopic (exact) mass is 429 g/mol. The van der Waals surface area contributed by atoms with Gasteiger partial charge in [-0.2, -0.15) is 0 Å². The fraction of sp³-hybridized carbons (Fsp3) is 0.435. The highest BCUT2D eigenvalue weighted by Crippen LogP contribution is 2.27. The first-order chi connectivity index (χ1) is 14.5. The van der Waals surface area contributed by atoms with E-state index in [1.165, 1.54) is 12.8 Å². The maximum Gasteiger partial charge on any atom is 0.319 e. The number of hydrogen-bond acceptors (Lipinski definition) is 4. The number of benzene rings is 2. The molecule has 2 N–H and O–H groups in total. The summed E-state index contributed by atoms with van der Waals surface area (Å²) in [5.41, 5.74) is 2.61. The molecule has 6 nitrogen and oxygen atoms in total. The van der Waals surface area contributed by atoms with Gasteiger partial charge in [0.15, 0.2) is 9.84 Å². The Morgan fingerprint density at radius 3 is 2.30 bits per heavy atom. The van der Waals surface area contributed by atoms with Gasteiger partial charge in [0.05, 0.1) is 22.9 Å². The van der Waals surface area contributed by atoms with Crippen LogP contribution in [0.4, 0.5) is 16.2 Å². The Hall–Kier alpha value is -2.54. The van der Waals surface area contributed by atoms with Crippen LogP contribution in [0.2, 0.25) is 0 Å². The molecule has 30 heavy (non-hydrogen) atoms. The van der Waals surface area contributed by atoms with Crippen LogP contribution in [0, 0.1) is 0 Å². The highest BCUT2D eigenvalue weighted by Gasteiger charge is 2.15. The molecule has 7 heteroatoms. The van der Waals surface area contributed by atoms with Crippen LogP contribution in [0.15, 0.2) is 54.6 Å². The molecule has 0 atom stereocenters. The van der Waals surface area contributed by atoms with Gasteiger partial charge in [-0.05, 0) is 37.0 Å². The second-order valence-electron chi connectivity index (χ2n) is 7.73. The van der Waals surface area contributed by atoms with E-state index in [1.54, 1.807) is 0 Å². The minimum atomic E-state index is -3.19.